The molecular formula is C17H17N3O2S2. The molecule has 5 nitrogen and oxygen atoms in total. The van der Waals surface area contributed by atoms with Crippen LogP contribution in [0.4, 0.5) is 0 Å². The summed E-state index contributed by atoms with van der Waals surface area (Å²) in [6.07, 6.45) is 2.08. The van der Waals surface area contributed by atoms with Crippen molar-refractivity contribution in [1.82, 2.24) is 9.55 Å². The van der Waals surface area contributed by atoms with Crippen molar-refractivity contribution < 1.29 is 9.53 Å². The van der Waals surface area contributed by atoms with Crippen molar-refractivity contribution in [2.45, 2.75) is 20.0 Å². The Morgan fingerprint density at radius 1 is 1.29 bits per heavy atom. The molecule has 24 heavy (non-hydrogen) atoms. The van der Waals surface area contributed by atoms with Crippen LogP contribution < -0.4 is 9.54 Å². The highest BCUT2D eigenvalue weighted by atomic mass is 32.1. The van der Waals surface area contributed by atoms with Crippen LogP contribution in [0.3, 0.4) is 0 Å². The third kappa shape index (κ3) is 4.39. The molecule has 3 rings (SSSR count). The maximum atomic E-state index is 12.0. The molecule has 0 saturated carbocycles. The van der Waals surface area contributed by atoms with Gasteiger partial charge in [0.05, 0.1) is 12.1 Å². The predicted octanol–water partition coefficient (Wildman–Crippen LogP) is 3.10. The average Bonchev–Trinajstić information content (AvgIpc) is 3.16. The number of rotatable bonds is 5. The third-order valence-corrected chi connectivity index (χ3v) is 5.01. The summed E-state index contributed by atoms with van der Waals surface area (Å²) in [4.78, 5) is 21.3. The van der Waals surface area contributed by atoms with Gasteiger partial charge in [0, 0.05) is 24.0 Å². The Kier molecular flexibility index (Phi) is 5.22. The standard InChI is InChI=1S/C17H17N3O2S2/c1-12-3-5-14(6-4-12)22-10-16-18-13(11-24-16)9-15(21)19-17-20(2)7-8-23-17/h3-8,11H,9-10H2,1-2H3. The largest absolute Gasteiger partial charge is 0.486 e. The molecule has 0 bridgehead atoms. The zero-order valence-electron chi connectivity index (χ0n) is 13.4. The summed E-state index contributed by atoms with van der Waals surface area (Å²) in [5.74, 6) is 0.623. The summed E-state index contributed by atoms with van der Waals surface area (Å²) in [5, 5.41) is 4.63. The molecule has 0 aliphatic rings. The number of aryl methyl sites for hydroxylation is 2. The molecule has 2 heterocycles. The van der Waals surface area contributed by atoms with Gasteiger partial charge in [-0.1, -0.05) is 17.7 Å². The first-order valence-electron chi connectivity index (χ1n) is 7.40. The van der Waals surface area contributed by atoms with E-state index in [1.807, 2.05) is 59.8 Å². The van der Waals surface area contributed by atoms with Gasteiger partial charge in [0.2, 0.25) is 0 Å². The molecule has 0 fully saturated rings. The molecule has 7 heteroatoms. The topological polar surface area (TPSA) is 56.5 Å². The number of hydrogen-bond donors (Lipinski definition) is 0. The van der Waals surface area contributed by atoms with Crippen LogP contribution in [0.15, 0.2) is 46.2 Å². The number of hydrogen-bond acceptors (Lipinski definition) is 5. The molecule has 0 aliphatic heterocycles. The minimum absolute atomic E-state index is 0.190. The van der Waals surface area contributed by atoms with Crippen molar-refractivity contribution in [1.29, 1.82) is 0 Å². The number of amides is 1. The molecule has 0 radical (unpaired) electrons. The molecule has 3 aromatic rings. The van der Waals surface area contributed by atoms with Crippen LogP contribution in [0.1, 0.15) is 16.3 Å². The Morgan fingerprint density at radius 2 is 2.08 bits per heavy atom. The summed E-state index contributed by atoms with van der Waals surface area (Å²) in [5.41, 5.74) is 1.93. The molecule has 0 unspecified atom stereocenters. The van der Waals surface area contributed by atoms with E-state index in [2.05, 4.69) is 9.98 Å². The molecule has 124 valence electrons. The maximum absolute atomic E-state index is 12.0. The minimum atomic E-state index is -0.190. The first-order valence-corrected chi connectivity index (χ1v) is 9.16. The molecule has 2 aromatic heterocycles. The molecule has 1 aromatic carbocycles. The van der Waals surface area contributed by atoms with E-state index >= 15 is 0 Å². The lowest BCUT2D eigenvalue weighted by molar-refractivity contribution is -0.117. The summed E-state index contributed by atoms with van der Waals surface area (Å²) in [6, 6.07) is 7.89. The van der Waals surface area contributed by atoms with E-state index in [-0.39, 0.29) is 12.3 Å². The lowest BCUT2D eigenvalue weighted by Crippen LogP contribution is -2.13. The summed E-state index contributed by atoms with van der Waals surface area (Å²) in [6.45, 7) is 2.44. The van der Waals surface area contributed by atoms with Crippen LogP contribution in [0.5, 0.6) is 5.75 Å². The highest BCUT2D eigenvalue weighted by Crippen LogP contribution is 2.16. The molecule has 0 spiro atoms. The lowest BCUT2D eigenvalue weighted by Gasteiger charge is -2.03. The SMILES string of the molecule is Cc1ccc(OCc2nc(CC(=O)N=c3sccn3C)cs2)cc1. The fraction of sp³-hybridized carbons (Fsp3) is 0.235. The van der Waals surface area contributed by atoms with Gasteiger partial charge in [0.15, 0.2) is 4.80 Å². The van der Waals surface area contributed by atoms with Crippen molar-refractivity contribution in [2.75, 3.05) is 0 Å². The molecular weight excluding hydrogens is 342 g/mol. The second-order valence-electron chi connectivity index (χ2n) is 5.31. The average molecular weight is 359 g/mol. The molecule has 0 aliphatic carbocycles. The van der Waals surface area contributed by atoms with E-state index in [4.69, 9.17) is 4.74 Å². The van der Waals surface area contributed by atoms with Crippen molar-refractivity contribution in [3.8, 4) is 5.75 Å². The van der Waals surface area contributed by atoms with Crippen molar-refractivity contribution in [3.05, 3.63) is 62.3 Å². The van der Waals surface area contributed by atoms with E-state index in [1.165, 1.54) is 28.2 Å². The van der Waals surface area contributed by atoms with Crippen LogP contribution in [-0.4, -0.2) is 15.5 Å². The van der Waals surface area contributed by atoms with Crippen LogP contribution in [0, 0.1) is 6.92 Å². The van der Waals surface area contributed by atoms with Gasteiger partial charge in [-0.2, -0.15) is 4.99 Å². The highest BCUT2D eigenvalue weighted by Gasteiger charge is 2.08. The fourth-order valence-corrected chi connectivity index (χ4v) is 3.46. The molecule has 0 N–H and O–H groups in total. The number of carbonyl (C=O) groups is 1. The summed E-state index contributed by atoms with van der Waals surface area (Å²) in [7, 11) is 1.87. The number of thiazole rings is 2. The smallest absolute Gasteiger partial charge is 0.254 e. The lowest BCUT2D eigenvalue weighted by atomic mass is 10.2. The van der Waals surface area contributed by atoms with Gasteiger partial charge in [0.25, 0.3) is 5.91 Å². The van der Waals surface area contributed by atoms with Gasteiger partial charge in [-0.3, -0.25) is 4.79 Å². The van der Waals surface area contributed by atoms with E-state index in [1.54, 1.807) is 0 Å². The zero-order chi connectivity index (χ0) is 16.9. The minimum Gasteiger partial charge on any atom is -0.486 e. The Bertz CT molecular complexity index is 891. The Hall–Kier alpha value is -2.25. The number of ether oxygens (including phenoxy) is 1. The first kappa shape index (κ1) is 16.6. The maximum Gasteiger partial charge on any atom is 0.254 e. The van der Waals surface area contributed by atoms with Crippen LogP contribution in [-0.2, 0) is 24.9 Å². The van der Waals surface area contributed by atoms with E-state index in [0.29, 0.717) is 11.4 Å². The highest BCUT2D eigenvalue weighted by molar-refractivity contribution is 7.09. The van der Waals surface area contributed by atoms with E-state index < -0.39 is 0 Å². The van der Waals surface area contributed by atoms with Crippen molar-refractivity contribution >= 4 is 28.6 Å². The molecule has 0 atom stereocenters. The second-order valence-corrected chi connectivity index (χ2v) is 7.13. The summed E-state index contributed by atoms with van der Waals surface area (Å²) >= 11 is 2.93. The second kappa shape index (κ2) is 7.55. The van der Waals surface area contributed by atoms with E-state index in [0.717, 1.165) is 16.5 Å². The number of benzene rings is 1. The number of carbonyl (C=O) groups excluding carboxylic acids is 1. The fourth-order valence-electron chi connectivity index (χ4n) is 2.01. The Morgan fingerprint density at radius 3 is 2.79 bits per heavy atom. The Balaban J connectivity index is 1.58. The monoisotopic (exact) mass is 359 g/mol. The Labute approximate surface area is 147 Å². The van der Waals surface area contributed by atoms with E-state index in [9.17, 15) is 4.79 Å². The number of aromatic nitrogens is 2. The number of nitrogens with zero attached hydrogens (tertiary/aromatic N) is 3. The van der Waals surface area contributed by atoms with Crippen LogP contribution in [0.2, 0.25) is 0 Å². The van der Waals surface area contributed by atoms with Gasteiger partial charge in [-0.25, -0.2) is 4.98 Å². The van der Waals surface area contributed by atoms with Gasteiger partial charge in [-0.05, 0) is 19.1 Å². The van der Waals surface area contributed by atoms with Gasteiger partial charge in [-0.15, -0.1) is 22.7 Å². The van der Waals surface area contributed by atoms with Gasteiger partial charge in [0.1, 0.15) is 17.4 Å². The predicted molar refractivity (Wildman–Crippen MR) is 95.2 cm³/mol. The third-order valence-electron chi connectivity index (χ3n) is 3.29. The van der Waals surface area contributed by atoms with Crippen LogP contribution in [0.25, 0.3) is 0 Å². The quantitative estimate of drug-likeness (QED) is 0.703. The normalized spacial score (nSPS) is 11.7. The molecule has 1 amide bonds. The van der Waals surface area contributed by atoms with Crippen molar-refractivity contribution in [2.24, 2.45) is 12.0 Å². The molecule has 0 saturated heterocycles. The van der Waals surface area contributed by atoms with Gasteiger partial charge >= 0.3 is 0 Å². The first-order chi connectivity index (χ1) is 11.6. The van der Waals surface area contributed by atoms with Gasteiger partial charge < -0.3 is 9.30 Å². The zero-order valence-corrected chi connectivity index (χ0v) is 15.1. The summed E-state index contributed by atoms with van der Waals surface area (Å²) < 4.78 is 7.53. The van der Waals surface area contributed by atoms with Crippen molar-refractivity contribution in [3.63, 3.8) is 0 Å². The van der Waals surface area contributed by atoms with Crippen LogP contribution >= 0.6 is 22.7 Å².